The molecule has 42 valence electrons. The molecule has 3 nitrogen and oxygen atoms in total. The van der Waals surface area contributed by atoms with Crippen LogP contribution in [0.5, 0.6) is 0 Å². The molecule has 0 aromatic carbocycles. The van der Waals surface area contributed by atoms with E-state index in [1.165, 1.54) is 0 Å². The summed E-state index contributed by atoms with van der Waals surface area (Å²) in [6.07, 6.45) is 0. The van der Waals surface area contributed by atoms with E-state index in [4.69, 9.17) is 0 Å². The summed E-state index contributed by atoms with van der Waals surface area (Å²) in [5, 5.41) is 0. The SMILES string of the molecule is [O-2].[O-2].[O-2].[Sc+3].[Sc+3].[Tb].[Tb]. The zero-order valence-corrected chi connectivity index (χ0v) is 10.9. The molecule has 0 rings (SSSR count). The molecule has 0 aromatic heterocycles. The third kappa shape index (κ3) is 38.9. The van der Waals surface area contributed by atoms with Gasteiger partial charge in [-0.2, -0.15) is 0 Å². The van der Waals surface area contributed by atoms with Crippen LogP contribution < -0.4 is 0 Å². The van der Waals surface area contributed by atoms with E-state index < -0.39 is 0 Å². The minimum Gasteiger partial charge on any atom is -2.00 e. The number of hydrogen-bond donors (Lipinski definition) is 0. The standard InChI is InChI=1S/3O.2Sc.2Tb/q3*-2;2*+3;;. The van der Waals surface area contributed by atoms with Crippen LogP contribution in [0.15, 0.2) is 0 Å². The molecule has 0 spiro atoms. The molecule has 0 aliphatic carbocycles. The van der Waals surface area contributed by atoms with E-state index in [9.17, 15) is 0 Å². The average Bonchev–Trinajstić information content (AvgIpc) is 0. The minimum atomic E-state index is 0. The minimum absolute atomic E-state index is 0. The van der Waals surface area contributed by atoms with Gasteiger partial charge < -0.3 is 16.4 Å². The van der Waals surface area contributed by atoms with Crippen LogP contribution in [0.1, 0.15) is 0 Å². The van der Waals surface area contributed by atoms with Crippen molar-refractivity contribution in [2.75, 3.05) is 0 Å². The van der Waals surface area contributed by atoms with Gasteiger partial charge in [0.25, 0.3) is 0 Å². The number of hydrogen-bond acceptors (Lipinski definition) is 0. The maximum absolute atomic E-state index is 0. The zero-order valence-electron chi connectivity index (χ0n) is 3.05. The van der Waals surface area contributed by atoms with Crippen LogP contribution >= 0.6 is 0 Å². The second kappa shape index (κ2) is 49.0. The van der Waals surface area contributed by atoms with Gasteiger partial charge in [-0.25, -0.2) is 0 Å². The van der Waals surface area contributed by atoms with Crippen LogP contribution in [-0.2, 0) is 68.1 Å². The summed E-state index contributed by atoms with van der Waals surface area (Å²) < 4.78 is 0. The van der Waals surface area contributed by atoms with Gasteiger partial charge in [-0.1, -0.05) is 0 Å². The summed E-state index contributed by atoms with van der Waals surface area (Å²) in [4.78, 5) is 0. The van der Waals surface area contributed by atoms with Crippen LogP contribution in [0.3, 0.4) is 0 Å². The van der Waals surface area contributed by atoms with Crippen molar-refractivity contribution in [2.24, 2.45) is 0 Å². The van der Waals surface area contributed by atoms with Gasteiger partial charge >= 0.3 is 51.7 Å². The maximum atomic E-state index is 0. The van der Waals surface area contributed by atoms with Gasteiger partial charge in [0.05, 0.1) is 0 Å². The Morgan fingerprint density at radius 2 is 0.429 bits per heavy atom. The summed E-state index contributed by atoms with van der Waals surface area (Å²) in [5.41, 5.74) is 0. The van der Waals surface area contributed by atoms with Gasteiger partial charge in [-0.15, -0.1) is 0 Å². The van der Waals surface area contributed by atoms with Crippen LogP contribution in [0.4, 0.5) is 0 Å². The summed E-state index contributed by atoms with van der Waals surface area (Å²) in [6.45, 7) is 0. The molecule has 0 heterocycles. The normalized spacial score (nSPS) is 0. The molecule has 2 radical (unpaired) electrons. The molecule has 0 aromatic rings. The van der Waals surface area contributed by atoms with Crippen molar-refractivity contribution in [1.29, 1.82) is 0 Å². The second-order valence-corrected chi connectivity index (χ2v) is 0. The van der Waals surface area contributed by atoms with Gasteiger partial charge in [0.15, 0.2) is 0 Å². The van der Waals surface area contributed by atoms with Crippen molar-refractivity contribution in [3.63, 3.8) is 0 Å². The Kier molecular flexibility index (Phi) is 463. The largest absolute Gasteiger partial charge is 3.00 e. The molecular formula is O3Sc2Tb2. The second-order valence-electron chi connectivity index (χ2n) is 0. The van der Waals surface area contributed by atoms with Gasteiger partial charge in [0, 0.05) is 77.2 Å². The van der Waals surface area contributed by atoms with Gasteiger partial charge in [0.1, 0.15) is 0 Å². The number of rotatable bonds is 0. The molecule has 0 bridgehead atoms. The molecule has 0 atom stereocenters. The quantitative estimate of drug-likeness (QED) is 0.478. The predicted molar refractivity (Wildman–Crippen MR) is 2.06 cm³/mol. The van der Waals surface area contributed by atoms with E-state index in [0.29, 0.717) is 0 Å². The molecule has 0 fully saturated rings. The first-order valence-electron chi connectivity index (χ1n) is 0. The maximum Gasteiger partial charge on any atom is 3.00 e. The third-order valence-corrected chi connectivity index (χ3v) is 0. The Bertz CT molecular complexity index is 10.9. The molecule has 0 saturated heterocycles. The Labute approximate surface area is 142 Å². The van der Waals surface area contributed by atoms with Gasteiger partial charge in [-0.3, -0.25) is 0 Å². The summed E-state index contributed by atoms with van der Waals surface area (Å²) in [5.74, 6) is 0. The molecule has 7 heavy (non-hydrogen) atoms. The van der Waals surface area contributed by atoms with E-state index in [1.54, 1.807) is 0 Å². The van der Waals surface area contributed by atoms with Gasteiger partial charge in [-0.05, 0) is 0 Å². The van der Waals surface area contributed by atoms with E-state index >= 15 is 0 Å². The average molecular weight is 456 g/mol. The monoisotopic (exact) mass is 456 g/mol. The fraction of sp³-hybridized carbons (Fsp3) is 0. The van der Waals surface area contributed by atoms with Crippen molar-refractivity contribution in [3.05, 3.63) is 0 Å². The van der Waals surface area contributed by atoms with E-state index in [0.717, 1.165) is 0 Å². The Balaban J connectivity index is 0. The molecule has 7 heteroatoms. The topological polar surface area (TPSA) is 85.5 Å². The van der Waals surface area contributed by atoms with Crippen LogP contribution in [-0.4, -0.2) is 0 Å². The predicted octanol–water partition coefficient (Wildman–Crippen LogP) is -0.361. The first-order chi connectivity index (χ1) is 0. The van der Waals surface area contributed by atoms with E-state index in [1.807, 2.05) is 0 Å². The summed E-state index contributed by atoms with van der Waals surface area (Å²) in [6, 6.07) is 0. The first kappa shape index (κ1) is 66.2. The Morgan fingerprint density at radius 3 is 0.429 bits per heavy atom. The van der Waals surface area contributed by atoms with Crippen molar-refractivity contribution >= 4 is 0 Å². The Morgan fingerprint density at radius 1 is 0.429 bits per heavy atom. The van der Waals surface area contributed by atoms with Crippen molar-refractivity contribution < 1.29 is 145 Å². The van der Waals surface area contributed by atoms with Crippen molar-refractivity contribution in [3.8, 4) is 0 Å². The fourth-order valence-corrected chi connectivity index (χ4v) is 0. The molecular weight excluding hydrogens is 456 g/mol. The molecule has 0 unspecified atom stereocenters. The van der Waals surface area contributed by atoms with Crippen LogP contribution in [0.25, 0.3) is 0 Å². The first-order valence-corrected chi connectivity index (χ1v) is 0. The van der Waals surface area contributed by atoms with Crippen molar-refractivity contribution in [2.45, 2.75) is 0 Å². The van der Waals surface area contributed by atoms with E-state index in [-0.39, 0.29) is 145 Å². The summed E-state index contributed by atoms with van der Waals surface area (Å²) >= 11 is 0. The molecule has 0 aliphatic rings. The fourth-order valence-electron chi connectivity index (χ4n) is 0. The zero-order chi connectivity index (χ0) is 0. The van der Waals surface area contributed by atoms with Gasteiger partial charge in [0.2, 0.25) is 0 Å². The molecule has 0 aliphatic heterocycles. The third-order valence-electron chi connectivity index (χ3n) is 0. The molecule has 0 amide bonds. The molecule has 0 N–H and O–H groups in total. The smallest absolute Gasteiger partial charge is 2.00 e. The van der Waals surface area contributed by atoms with E-state index in [2.05, 4.69) is 0 Å². The molecule has 0 saturated carbocycles. The Hall–Kier alpha value is 4.19. The summed E-state index contributed by atoms with van der Waals surface area (Å²) in [7, 11) is 0. The van der Waals surface area contributed by atoms with Crippen LogP contribution in [0.2, 0.25) is 0 Å². The van der Waals surface area contributed by atoms with Crippen molar-refractivity contribution in [1.82, 2.24) is 0 Å². The van der Waals surface area contributed by atoms with Crippen LogP contribution in [0, 0.1) is 77.2 Å².